The molecule has 0 bridgehead atoms. The van der Waals surface area contributed by atoms with E-state index < -0.39 is 0 Å². The summed E-state index contributed by atoms with van der Waals surface area (Å²) in [6.07, 6.45) is 0. The number of hydrogen-bond donors (Lipinski definition) is 1. The Morgan fingerprint density at radius 2 is 1.59 bits per heavy atom. The number of rotatable bonds is 5. The number of nitrogens with zero attached hydrogens (tertiary/aromatic N) is 2. The number of hydrogen-bond acceptors (Lipinski definition) is 4. The van der Waals surface area contributed by atoms with Crippen molar-refractivity contribution in [3.8, 4) is 0 Å². The predicted octanol–water partition coefficient (Wildman–Crippen LogP) is 3.33. The van der Waals surface area contributed by atoms with Crippen LogP contribution in [0.2, 0.25) is 0 Å². The number of benzene rings is 2. The van der Waals surface area contributed by atoms with E-state index in [1.807, 2.05) is 54.3 Å². The quantitative estimate of drug-likeness (QED) is 0.861. The molecule has 1 saturated heterocycles. The van der Waals surface area contributed by atoms with Gasteiger partial charge in [0.15, 0.2) is 0 Å². The molecule has 1 fully saturated rings. The Kier molecular flexibility index (Phi) is 6.53. The van der Waals surface area contributed by atoms with Crippen molar-refractivity contribution in [2.24, 2.45) is 0 Å². The molecule has 1 aliphatic rings. The molecule has 0 radical (unpaired) electrons. The molecule has 2 aromatic rings. The van der Waals surface area contributed by atoms with Crippen LogP contribution in [0.5, 0.6) is 0 Å². The van der Waals surface area contributed by atoms with Gasteiger partial charge in [-0.1, -0.05) is 42.1 Å². The zero-order valence-electron chi connectivity index (χ0n) is 15.7. The first-order valence-corrected chi connectivity index (χ1v) is 9.98. The molecule has 2 amide bonds. The molecule has 1 atom stereocenters. The van der Waals surface area contributed by atoms with Crippen molar-refractivity contribution in [3.05, 3.63) is 54.6 Å². The Morgan fingerprint density at radius 3 is 2.26 bits per heavy atom. The molecule has 5 nitrogen and oxygen atoms in total. The van der Waals surface area contributed by atoms with E-state index in [-0.39, 0.29) is 17.9 Å². The summed E-state index contributed by atoms with van der Waals surface area (Å²) in [4.78, 5) is 30.4. The van der Waals surface area contributed by atoms with Crippen molar-refractivity contribution in [1.82, 2.24) is 9.80 Å². The van der Waals surface area contributed by atoms with Crippen LogP contribution in [0.25, 0.3) is 0 Å². The lowest BCUT2D eigenvalue weighted by molar-refractivity contribution is -0.131. The molecule has 0 aliphatic carbocycles. The summed E-state index contributed by atoms with van der Waals surface area (Å²) in [5.74, 6) is 0.0750. The number of carbonyl (C=O) groups excluding carboxylic acids is 2. The van der Waals surface area contributed by atoms with Crippen LogP contribution in [0.1, 0.15) is 13.8 Å². The van der Waals surface area contributed by atoms with Crippen LogP contribution in [-0.2, 0) is 9.59 Å². The van der Waals surface area contributed by atoms with Crippen LogP contribution in [0, 0.1) is 0 Å². The fourth-order valence-corrected chi connectivity index (χ4v) is 4.02. The zero-order chi connectivity index (χ0) is 19.2. The Hall–Kier alpha value is -2.31. The number of anilines is 1. The van der Waals surface area contributed by atoms with Crippen molar-refractivity contribution in [2.75, 3.05) is 31.5 Å². The summed E-state index contributed by atoms with van der Waals surface area (Å²) in [5.41, 5.74) is 0.825. The monoisotopic (exact) mass is 383 g/mol. The fourth-order valence-electron chi connectivity index (χ4n) is 3.10. The normalized spacial score (nSPS) is 16.0. The largest absolute Gasteiger partial charge is 0.340 e. The lowest BCUT2D eigenvalue weighted by Crippen LogP contribution is -2.53. The van der Waals surface area contributed by atoms with Gasteiger partial charge in [-0.3, -0.25) is 14.5 Å². The third-order valence-corrected chi connectivity index (χ3v) is 5.89. The highest BCUT2D eigenvalue weighted by Crippen LogP contribution is 2.33. The molecule has 2 aromatic carbocycles. The maximum absolute atomic E-state index is 12.8. The van der Waals surface area contributed by atoms with Gasteiger partial charge >= 0.3 is 0 Å². The van der Waals surface area contributed by atoms with E-state index in [9.17, 15) is 9.59 Å². The second-order valence-electron chi connectivity index (χ2n) is 6.62. The van der Waals surface area contributed by atoms with Crippen molar-refractivity contribution in [1.29, 1.82) is 0 Å². The lowest BCUT2D eigenvalue weighted by atomic mass is 10.2. The van der Waals surface area contributed by atoms with Gasteiger partial charge < -0.3 is 10.2 Å². The van der Waals surface area contributed by atoms with E-state index in [0.717, 1.165) is 15.5 Å². The topological polar surface area (TPSA) is 52.7 Å². The molecule has 3 rings (SSSR count). The molecule has 0 unspecified atom stereocenters. The van der Waals surface area contributed by atoms with Gasteiger partial charge in [-0.05, 0) is 31.2 Å². The number of piperazine rings is 1. The Labute approximate surface area is 164 Å². The van der Waals surface area contributed by atoms with E-state index in [4.69, 9.17) is 0 Å². The molecule has 142 valence electrons. The first-order chi connectivity index (χ1) is 13.0. The van der Waals surface area contributed by atoms with E-state index in [1.54, 1.807) is 18.7 Å². The van der Waals surface area contributed by atoms with Gasteiger partial charge in [0.25, 0.3) is 0 Å². The standard InChI is InChI=1S/C21H25N3O2S/c1-16(23-12-14-24(15-13-23)17(2)25)21(26)22-19-10-6-7-11-20(19)27-18-8-4-3-5-9-18/h3-11,16H,12-15H2,1-2H3,(H,22,26)/t16-/m1/s1. The second kappa shape index (κ2) is 9.06. The molecule has 27 heavy (non-hydrogen) atoms. The van der Waals surface area contributed by atoms with E-state index >= 15 is 0 Å². The number of amides is 2. The first kappa shape index (κ1) is 19.5. The van der Waals surface area contributed by atoms with Gasteiger partial charge in [0.05, 0.1) is 11.7 Å². The highest BCUT2D eigenvalue weighted by atomic mass is 32.2. The minimum atomic E-state index is -0.242. The predicted molar refractivity (Wildman–Crippen MR) is 109 cm³/mol. The van der Waals surface area contributed by atoms with Crippen LogP contribution in [-0.4, -0.2) is 53.8 Å². The summed E-state index contributed by atoms with van der Waals surface area (Å²) in [5, 5.41) is 3.08. The second-order valence-corrected chi connectivity index (χ2v) is 7.73. The highest BCUT2D eigenvalue weighted by molar-refractivity contribution is 7.99. The molecular formula is C21H25N3O2S. The zero-order valence-corrected chi connectivity index (χ0v) is 16.5. The van der Waals surface area contributed by atoms with Crippen molar-refractivity contribution < 1.29 is 9.59 Å². The SMILES string of the molecule is CC(=O)N1CCN([C@H](C)C(=O)Nc2ccccc2Sc2ccccc2)CC1. The van der Waals surface area contributed by atoms with Gasteiger partial charge in [-0.2, -0.15) is 0 Å². The maximum Gasteiger partial charge on any atom is 0.241 e. The first-order valence-electron chi connectivity index (χ1n) is 9.17. The summed E-state index contributed by atoms with van der Waals surface area (Å²) in [6, 6.07) is 17.7. The van der Waals surface area contributed by atoms with Gasteiger partial charge in [-0.15, -0.1) is 0 Å². The summed E-state index contributed by atoms with van der Waals surface area (Å²) < 4.78 is 0. The molecule has 1 N–H and O–H groups in total. The number of nitrogens with one attached hydrogen (secondary N) is 1. The van der Waals surface area contributed by atoms with Gasteiger partial charge in [0, 0.05) is 42.9 Å². The third-order valence-electron chi connectivity index (χ3n) is 4.80. The van der Waals surface area contributed by atoms with E-state index in [0.29, 0.717) is 26.2 Å². The summed E-state index contributed by atoms with van der Waals surface area (Å²) in [6.45, 7) is 6.29. The minimum absolute atomic E-state index is 0.0209. The van der Waals surface area contributed by atoms with E-state index in [2.05, 4.69) is 22.3 Å². The Morgan fingerprint density at radius 1 is 0.963 bits per heavy atom. The van der Waals surface area contributed by atoms with Crippen molar-refractivity contribution in [2.45, 2.75) is 29.7 Å². The Bertz CT molecular complexity index is 789. The molecule has 6 heteroatoms. The average molecular weight is 384 g/mol. The van der Waals surface area contributed by atoms with Crippen molar-refractivity contribution in [3.63, 3.8) is 0 Å². The van der Waals surface area contributed by atoms with Crippen LogP contribution < -0.4 is 5.32 Å². The fraction of sp³-hybridized carbons (Fsp3) is 0.333. The summed E-state index contributed by atoms with van der Waals surface area (Å²) >= 11 is 1.63. The third kappa shape index (κ3) is 5.11. The van der Waals surface area contributed by atoms with Crippen LogP contribution >= 0.6 is 11.8 Å². The van der Waals surface area contributed by atoms with Gasteiger partial charge in [-0.25, -0.2) is 0 Å². The van der Waals surface area contributed by atoms with Crippen LogP contribution in [0.15, 0.2) is 64.4 Å². The maximum atomic E-state index is 12.8. The van der Waals surface area contributed by atoms with Crippen LogP contribution in [0.4, 0.5) is 5.69 Å². The number of carbonyl (C=O) groups is 2. The highest BCUT2D eigenvalue weighted by Gasteiger charge is 2.26. The van der Waals surface area contributed by atoms with Gasteiger partial charge in [0.1, 0.15) is 0 Å². The van der Waals surface area contributed by atoms with E-state index in [1.165, 1.54) is 0 Å². The van der Waals surface area contributed by atoms with Crippen molar-refractivity contribution >= 4 is 29.3 Å². The average Bonchev–Trinajstić information content (AvgIpc) is 2.69. The molecule has 1 aliphatic heterocycles. The smallest absolute Gasteiger partial charge is 0.241 e. The Balaban J connectivity index is 1.63. The summed E-state index contributed by atoms with van der Waals surface area (Å²) in [7, 11) is 0. The lowest BCUT2D eigenvalue weighted by Gasteiger charge is -2.37. The molecular weight excluding hydrogens is 358 g/mol. The molecule has 1 heterocycles. The van der Waals surface area contributed by atoms with Crippen LogP contribution in [0.3, 0.4) is 0 Å². The number of para-hydroxylation sites is 1. The molecule has 0 spiro atoms. The minimum Gasteiger partial charge on any atom is -0.340 e. The van der Waals surface area contributed by atoms with Gasteiger partial charge in [0.2, 0.25) is 11.8 Å². The molecule has 0 aromatic heterocycles. The molecule has 0 saturated carbocycles.